The molecule has 33 heavy (non-hydrogen) atoms. The molecule has 0 aliphatic carbocycles. The molecule has 172 valence electrons. The molecule has 0 amide bonds. The van der Waals surface area contributed by atoms with Crippen molar-refractivity contribution in [3.05, 3.63) is 59.3 Å². The molecule has 4 rings (SSSR count). The number of hydrogen-bond acceptors (Lipinski definition) is 7. The molecule has 7 heteroatoms. The maximum atomic E-state index is 12.2. The van der Waals surface area contributed by atoms with E-state index >= 15 is 0 Å². The first kappa shape index (κ1) is 22.5. The van der Waals surface area contributed by atoms with E-state index in [1.54, 1.807) is 33.6 Å². The normalized spacial score (nSPS) is 14.7. The lowest BCUT2D eigenvalue weighted by atomic mass is 9.93. The van der Waals surface area contributed by atoms with Gasteiger partial charge >= 0.3 is 5.97 Å². The Bertz CT molecular complexity index is 1250. The van der Waals surface area contributed by atoms with Gasteiger partial charge in [-0.2, -0.15) is 0 Å². The number of benzene rings is 2. The molecule has 7 nitrogen and oxygen atoms in total. The van der Waals surface area contributed by atoms with Gasteiger partial charge < -0.3 is 23.7 Å². The number of methoxy groups -OCH3 is 3. The molecule has 0 spiro atoms. The van der Waals surface area contributed by atoms with E-state index in [0.29, 0.717) is 34.1 Å². The summed E-state index contributed by atoms with van der Waals surface area (Å²) in [5.41, 5.74) is 2.50. The van der Waals surface area contributed by atoms with E-state index in [0.717, 1.165) is 16.5 Å². The van der Waals surface area contributed by atoms with Crippen LogP contribution in [0.15, 0.2) is 42.6 Å². The van der Waals surface area contributed by atoms with E-state index < -0.39 is 17.7 Å². The van der Waals surface area contributed by atoms with Crippen molar-refractivity contribution in [2.45, 2.75) is 32.5 Å². The minimum absolute atomic E-state index is 0.418. The number of aromatic nitrogens is 1. The number of carbonyl (C=O) groups excluding carboxylic acids is 1. The van der Waals surface area contributed by atoms with Crippen molar-refractivity contribution in [3.63, 3.8) is 0 Å². The van der Waals surface area contributed by atoms with Crippen molar-refractivity contribution in [2.24, 2.45) is 0 Å². The first-order valence-electron chi connectivity index (χ1n) is 10.5. The Morgan fingerprint density at radius 3 is 2.39 bits per heavy atom. The molecule has 3 aromatic rings. The number of ether oxygens (including phenoxy) is 5. The number of nitrogens with zero attached hydrogens (tertiary/aromatic N) is 1. The monoisotopic (exact) mass is 449 g/mol. The average molecular weight is 450 g/mol. The van der Waals surface area contributed by atoms with Gasteiger partial charge in [-0.3, -0.25) is 9.78 Å². The Hall–Kier alpha value is -3.74. The van der Waals surface area contributed by atoms with E-state index in [9.17, 15) is 4.79 Å². The SMILES string of the molecule is COc1cc2nccc(C(OC(C)=O)c3ccc4c(c3OC)C=CC(C)(C)O4)c2cc1OC. The summed E-state index contributed by atoms with van der Waals surface area (Å²) in [5, 5.41) is 0.772. The lowest BCUT2D eigenvalue weighted by Gasteiger charge is -2.30. The molecule has 1 aliphatic rings. The van der Waals surface area contributed by atoms with Crippen LogP contribution in [-0.4, -0.2) is 37.9 Å². The maximum absolute atomic E-state index is 12.2. The van der Waals surface area contributed by atoms with Crippen LogP contribution in [0.3, 0.4) is 0 Å². The molecule has 1 atom stereocenters. The second kappa shape index (κ2) is 8.65. The summed E-state index contributed by atoms with van der Waals surface area (Å²) in [6.45, 7) is 5.36. The Balaban J connectivity index is 1.94. The molecule has 1 aromatic heterocycles. The Morgan fingerprint density at radius 2 is 1.73 bits per heavy atom. The summed E-state index contributed by atoms with van der Waals surface area (Å²) in [7, 11) is 4.74. The molecule has 2 aromatic carbocycles. The Kier molecular flexibility index (Phi) is 5.89. The molecule has 2 heterocycles. The average Bonchev–Trinajstić information content (AvgIpc) is 2.79. The Labute approximate surface area is 192 Å². The topological polar surface area (TPSA) is 76.1 Å². The van der Waals surface area contributed by atoms with Crippen molar-refractivity contribution in [1.82, 2.24) is 4.98 Å². The molecule has 0 radical (unpaired) electrons. The van der Waals surface area contributed by atoms with Gasteiger partial charge in [0.1, 0.15) is 17.1 Å². The van der Waals surface area contributed by atoms with Crippen molar-refractivity contribution >= 4 is 22.9 Å². The van der Waals surface area contributed by atoms with E-state index in [1.807, 2.05) is 50.3 Å². The van der Waals surface area contributed by atoms with Gasteiger partial charge in [0.25, 0.3) is 0 Å². The number of hydrogen-bond donors (Lipinski definition) is 0. The van der Waals surface area contributed by atoms with Gasteiger partial charge in [-0.25, -0.2) is 0 Å². The number of esters is 1. The predicted molar refractivity (Wildman–Crippen MR) is 125 cm³/mol. The largest absolute Gasteiger partial charge is 0.496 e. The van der Waals surface area contributed by atoms with Crippen LogP contribution in [0.1, 0.15) is 43.6 Å². The summed E-state index contributed by atoms with van der Waals surface area (Å²) in [6, 6.07) is 9.21. The third-order valence-electron chi connectivity index (χ3n) is 5.54. The fourth-order valence-electron chi connectivity index (χ4n) is 4.06. The van der Waals surface area contributed by atoms with Crippen LogP contribution < -0.4 is 18.9 Å². The number of pyridine rings is 1. The fourth-order valence-corrected chi connectivity index (χ4v) is 4.06. The van der Waals surface area contributed by atoms with Crippen LogP contribution in [0.25, 0.3) is 17.0 Å². The van der Waals surface area contributed by atoms with Crippen molar-refractivity contribution in [1.29, 1.82) is 0 Å². The van der Waals surface area contributed by atoms with Gasteiger partial charge in [0, 0.05) is 35.7 Å². The van der Waals surface area contributed by atoms with E-state index in [-0.39, 0.29) is 0 Å². The number of rotatable bonds is 6. The zero-order chi connectivity index (χ0) is 23.8. The molecule has 1 unspecified atom stereocenters. The highest BCUT2D eigenvalue weighted by Crippen LogP contribution is 2.45. The molecule has 0 N–H and O–H groups in total. The van der Waals surface area contributed by atoms with Gasteiger partial charge in [-0.15, -0.1) is 0 Å². The van der Waals surface area contributed by atoms with E-state index in [4.69, 9.17) is 23.7 Å². The van der Waals surface area contributed by atoms with Crippen LogP contribution in [-0.2, 0) is 9.53 Å². The molecule has 0 fully saturated rings. The van der Waals surface area contributed by atoms with Gasteiger partial charge in [0.2, 0.25) is 0 Å². The van der Waals surface area contributed by atoms with Crippen LogP contribution in [0.5, 0.6) is 23.0 Å². The smallest absolute Gasteiger partial charge is 0.303 e. The maximum Gasteiger partial charge on any atom is 0.303 e. The standard InChI is InChI=1S/C26H27NO6/c1-15(28)32-25(16-10-12-27-20-14-23(30-5)22(29-4)13-19(16)20)18-7-8-21-17(24(18)31-6)9-11-26(2,3)33-21/h7-14,25H,1-6H3. The third kappa shape index (κ3) is 4.18. The summed E-state index contributed by atoms with van der Waals surface area (Å²) in [5.74, 6) is 1.98. The quantitative estimate of drug-likeness (QED) is 0.485. The molecule has 0 saturated heterocycles. The Morgan fingerprint density at radius 1 is 1.00 bits per heavy atom. The van der Waals surface area contributed by atoms with Gasteiger partial charge in [-0.1, -0.05) is 0 Å². The van der Waals surface area contributed by atoms with Crippen LogP contribution in [0, 0.1) is 0 Å². The second-order valence-electron chi connectivity index (χ2n) is 8.25. The minimum atomic E-state index is -0.741. The molecular weight excluding hydrogens is 422 g/mol. The molecule has 0 bridgehead atoms. The number of carbonyl (C=O) groups is 1. The minimum Gasteiger partial charge on any atom is -0.496 e. The summed E-state index contributed by atoms with van der Waals surface area (Å²) >= 11 is 0. The summed E-state index contributed by atoms with van der Waals surface area (Å²) < 4.78 is 28.7. The van der Waals surface area contributed by atoms with Gasteiger partial charge in [0.15, 0.2) is 17.6 Å². The van der Waals surface area contributed by atoms with Crippen molar-refractivity contribution in [3.8, 4) is 23.0 Å². The van der Waals surface area contributed by atoms with Gasteiger partial charge in [0.05, 0.1) is 32.4 Å². The second-order valence-corrected chi connectivity index (χ2v) is 8.25. The van der Waals surface area contributed by atoms with Crippen LogP contribution in [0.4, 0.5) is 0 Å². The highest BCUT2D eigenvalue weighted by atomic mass is 16.5. The number of fused-ring (bicyclic) bond motifs is 2. The lowest BCUT2D eigenvalue weighted by molar-refractivity contribution is -0.144. The molecule has 1 aliphatic heterocycles. The van der Waals surface area contributed by atoms with Crippen LogP contribution >= 0.6 is 0 Å². The lowest BCUT2D eigenvalue weighted by Crippen LogP contribution is -2.27. The molecule has 0 saturated carbocycles. The first-order chi connectivity index (χ1) is 15.8. The zero-order valence-electron chi connectivity index (χ0n) is 19.6. The summed E-state index contributed by atoms with van der Waals surface area (Å²) in [4.78, 5) is 16.6. The predicted octanol–water partition coefficient (Wildman–Crippen LogP) is 5.10. The summed E-state index contributed by atoms with van der Waals surface area (Å²) in [6.07, 6.45) is 4.89. The third-order valence-corrected chi connectivity index (χ3v) is 5.54. The van der Waals surface area contributed by atoms with E-state index in [1.165, 1.54) is 6.92 Å². The highest BCUT2D eigenvalue weighted by Gasteiger charge is 2.30. The first-order valence-corrected chi connectivity index (χ1v) is 10.5. The van der Waals surface area contributed by atoms with Gasteiger partial charge in [-0.05, 0) is 50.3 Å². The van der Waals surface area contributed by atoms with Crippen molar-refractivity contribution in [2.75, 3.05) is 21.3 Å². The zero-order valence-corrected chi connectivity index (χ0v) is 19.6. The fraction of sp³-hybridized carbons (Fsp3) is 0.308. The highest BCUT2D eigenvalue weighted by molar-refractivity contribution is 5.87. The van der Waals surface area contributed by atoms with Crippen LogP contribution in [0.2, 0.25) is 0 Å². The van der Waals surface area contributed by atoms with Crippen molar-refractivity contribution < 1.29 is 28.5 Å². The van der Waals surface area contributed by atoms with E-state index in [2.05, 4.69) is 4.98 Å². The molecular formula is C26H27NO6.